The Morgan fingerprint density at radius 2 is 0.434 bits per heavy atom. The molecule has 0 aliphatic carbocycles. The molecule has 2 unspecified atom stereocenters. The van der Waals surface area contributed by atoms with Crippen molar-refractivity contribution >= 4 is 39.5 Å². The quantitative estimate of drug-likeness (QED) is 0.0222. The molecule has 0 heterocycles. The summed E-state index contributed by atoms with van der Waals surface area (Å²) in [5.41, 5.74) is 0. The van der Waals surface area contributed by atoms with Crippen molar-refractivity contribution in [1.82, 2.24) is 0 Å². The molecule has 0 amide bonds. The van der Waals surface area contributed by atoms with E-state index in [1.165, 1.54) is 270 Å². The molecule has 0 saturated heterocycles. The van der Waals surface area contributed by atoms with Crippen LogP contribution in [0.1, 0.15) is 459 Å². The summed E-state index contributed by atoms with van der Waals surface area (Å²) in [5.74, 6) is 0.223. The van der Waals surface area contributed by atoms with Gasteiger partial charge >= 0.3 is 39.5 Å². The summed E-state index contributed by atoms with van der Waals surface area (Å²) in [6.45, 7) is 12.0. The van der Waals surface area contributed by atoms with E-state index < -0.39 is 97.5 Å². The maximum absolute atomic E-state index is 13.2. The van der Waals surface area contributed by atoms with Crippen molar-refractivity contribution in [2.45, 2.75) is 478 Å². The number of rotatable bonds is 85. The first-order valence-corrected chi connectivity index (χ1v) is 47.8. The van der Waals surface area contributed by atoms with Gasteiger partial charge in [-0.1, -0.05) is 408 Å². The predicted molar refractivity (Wildman–Crippen MR) is 437 cm³/mol. The van der Waals surface area contributed by atoms with Gasteiger partial charge in [0.15, 0.2) is 12.2 Å². The molecule has 0 rings (SSSR count). The van der Waals surface area contributed by atoms with E-state index in [2.05, 4.69) is 48.5 Å². The second kappa shape index (κ2) is 77.0. The van der Waals surface area contributed by atoms with Crippen molar-refractivity contribution < 1.29 is 80.2 Å². The summed E-state index contributed by atoms with van der Waals surface area (Å²) in [4.78, 5) is 73.3. The van der Waals surface area contributed by atoms with Crippen LogP contribution in [-0.2, 0) is 65.4 Å². The number of carbonyl (C=O) groups excluding carboxylic acids is 4. The molecule has 19 heteroatoms. The minimum Gasteiger partial charge on any atom is -0.462 e. The van der Waals surface area contributed by atoms with Gasteiger partial charge in [0.2, 0.25) is 0 Å². The van der Waals surface area contributed by atoms with Crippen LogP contribution in [0.5, 0.6) is 0 Å². The van der Waals surface area contributed by atoms with Crippen LogP contribution in [0.25, 0.3) is 0 Å². The van der Waals surface area contributed by atoms with Crippen LogP contribution < -0.4 is 0 Å². The zero-order chi connectivity index (χ0) is 77.9. The van der Waals surface area contributed by atoms with Gasteiger partial charge in [-0.3, -0.25) is 37.3 Å². The van der Waals surface area contributed by atoms with E-state index in [4.69, 9.17) is 37.0 Å². The van der Waals surface area contributed by atoms with E-state index >= 15 is 0 Å². The lowest BCUT2D eigenvalue weighted by Gasteiger charge is -2.21. The molecule has 0 aromatic heterocycles. The van der Waals surface area contributed by atoms with Crippen molar-refractivity contribution in [3.05, 3.63) is 0 Å². The summed E-state index contributed by atoms with van der Waals surface area (Å²) >= 11 is 0. The van der Waals surface area contributed by atoms with Crippen LogP contribution in [0, 0.1) is 17.8 Å². The number of hydrogen-bond donors (Lipinski definition) is 3. The maximum Gasteiger partial charge on any atom is 0.472 e. The summed E-state index contributed by atoms with van der Waals surface area (Å²) in [5, 5.41) is 10.7. The highest BCUT2D eigenvalue weighted by Gasteiger charge is 2.30. The lowest BCUT2D eigenvalue weighted by atomic mass is 10.0. The first kappa shape index (κ1) is 104. The third kappa shape index (κ3) is 80.1. The highest BCUT2D eigenvalue weighted by atomic mass is 31.2. The van der Waals surface area contributed by atoms with E-state index in [1.807, 2.05) is 0 Å². The van der Waals surface area contributed by atoms with Crippen molar-refractivity contribution in [2.75, 3.05) is 39.6 Å². The molecular weight excluding hydrogens is 1380 g/mol. The molecule has 3 N–H and O–H groups in total. The van der Waals surface area contributed by atoms with Crippen molar-refractivity contribution in [2.24, 2.45) is 17.8 Å². The standard InChI is InChI=1S/C87H170O17P2/c1-8-9-10-11-12-13-14-15-16-17-18-19-20-21-24-28-34-41-49-56-63-70-86(91)103-82(74-97-84(89)68-61-54-47-40-33-27-25-22-23-26-31-37-44-51-58-65-78(2)3)76-101-105(93,94)99-72-81(88)73-100-106(95,96)102-77-83(75-98-85(90)69-62-55-48-43-36-39-46-53-60-67-80(6)7)104-87(92)71-64-57-50-42-35-30-29-32-38-45-52-59-66-79(4)5/h78-83,88H,8-77H2,1-7H3,(H,93,94)(H,95,96)/t81-,82-,83-/m1/s1. The largest absolute Gasteiger partial charge is 0.472 e. The lowest BCUT2D eigenvalue weighted by molar-refractivity contribution is -0.161. The fourth-order valence-corrected chi connectivity index (χ4v) is 15.1. The zero-order valence-electron chi connectivity index (χ0n) is 69.9. The Bertz CT molecular complexity index is 2040. The molecule has 0 saturated carbocycles. The Kier molecular flexibility index (Phi) is 75.6. The number of unbranched alkanes of at least 4 members (excludes halogenated alkanes) is 53. The Morgan fingerprint density at radius 3 is 0.642 bits per heavy atom. The Hall–Kier alpha value is -1.94. The average Bonchev–Trinajstić information content (AvgIpc) is 0.901. The number of aliphatic hydroxyl groups excluding tert-OH is 1. The molecular formula is C87H170O17P2. The molecule has 17 nitrogen and oxygen atoms in total. The fraction of sp³-hybridized carbons (Fsp3) is 0.954. The van der Waals surface area contributed by atoms with Crippen LogP contribution in [0.15, 0.2) is 0 Å². The SMILES string of the molecule is CCCCCCCCCCCCCCCCCCCCCCCC(=O)O[C@H](COC(=O)CCCCCCCCCCCCCCCCCC(C)C)COP(=O)(O)OC[C@@H](O)COP(=O)(O)OC[C@@H](COC(=O)CCCCCCCCCCCC(C)C)OC(=O)CCCCCCCCCCCCCCC(C)C. The number of ether oxygens (including phenoxy) is 4. The van der Waals surface area contributed by atoms with E-state index in [-0.39, 0.29) is 25.7 Å². The van der Waals surface area contributed by atoms with Gasteiger partial charge in [0, 0.05) is 25.7 Å². The smallest absolute Gasteiger partial charge is 0.462 e. The number of esters is 4. The Balaban J connectivity index is 5.25. The highest BCUT2D eigenvalue weighted by molar-refractivity contribution is 7.47. The van der Waals surface area contributed by atoms with E-state index in [1.54, 1.807) is 0 Å². The van der Waals surface area contributed by atoms with Gasteiger partial charge in [0.1, 0.15) is 19.3 Å². The molecule has 0 aromatic carbocycles. The molecule has 0 fully saturated rings. The molecule has 0 aliphatic rings. The van der Waals surface area contributed by atoms with E-state index in [0.29, 0.717) is 25.7 Å². The lowest BCUT2D eigenvalue weighted by Crippen LogP contribution is -2.30. The predicted octanol–water partition coefficient (Wildman–Crippen LogP) is 26.5. The Labute approximate surface area is 651 Å². The minimum atomic E-state index is -4.97. The summed E-state index contributed by atoms with van der Waals surface area (Å²) in [7, 11) is -9.93. The van der Waals surface area contributed by atoms with Gasteiger partial charge in [-0.25, -0.2) is 9.13 Å². The van der Waals surface area contributed by atoms with Gasteiger partial charge in [-0.2, -0.15) is 0 Å². The van der Waals surface area contributed by atoms with Crippen molar-refractivity contribution in [3.8, 4) is 0 Å². The van der Waals surface area contributed by atoms with Crippen LogP contribution in [0.2, 0.25) is 0 Å². The summed E-state index contributed by atoms with van der Waals surface area (Å²) in [6.07, 6.45) is 68.1. The minimum absolute atomic E-state index is 0.107. The average molecular weight is 1550 g/mol. The second-order valence-corrected chi connectivity index (χ2v) is 35.6. The molecule has 630 valence electrons. The first-order valence-electron chi connectivity index (χ1n) is 44.8. The third-order valence-electron chi connectivity index (χ3n) is 20.4. The van der Waals surface area contributed by atoms with Crippen LogP contribution in [0.4, 0.5) is 0 Å². The number of carbonyl (C=O) groups is 4. The summed E-state index contributed by atoms with van der Waals surface area (Å²) < 4.78 is 68.9. The van der Waals surface area contributed by atoms with E-state index in [9.17, 15) is 43.2 Å². The second-order valence-electron chi connectivity index (χ2n) is 32.7. The van der Waals surface area contributed by atoms with Gasteiger partial charge in [0.05, 0.1) is 26.4 Å². The number of phosphoric acid groups is 2. The maximum atomic E-state index is 13.2. The normalized spacial score (nSPS) is 13.9. The third-order valence-corrected chi connectivity index (χ3v) is 22.3. The van der Waals surface area contributed by atoms with Crippen molar-refractivity contribution in [3.63, 3.8) is 0 Å². The van der Waals surface area contributed by atoms with Gasteiger partial charge in [-0.15, -0.1) is 0 Å². The molecule has 0 radical (unpaired) electrons. The van der Waals surface area contributed by atoms with Crippen LogP contribution >= 0.6 is 15.6 Å². The zero-order valence-corrected chi connectivity index (χ0v) is 71.7. The Morgan fingerprint density at radius 1 is 0.255 bits per heavy atom. The molecule has 0 aromatic rings. The van der Waals surface area contributed by atoms with Gasteiger partial charge < -0.3 is 33.8 Å². The molecule has 5 atom stereocenters. The van der Waals surface area contributed by atoms with Crippen LogP contribution in [-0.4, -0.2) is 96.7 Å². The molecule has 0 aliphatic heterocycles. The monoisotopic (exact) mass is 1550 g/mol. The molecule has 0 spiro atoms. The summed E-state index contributed by atoms with van der Waals surface area (Å²) in [6, 6.07) is 0. The van der Waals surface area contributed by atoms with E-state index in [0.717, 1.165) is 108 Å². The molecule has 106 heavy (non-hydrogen) atoms. The first-order chi connectivity index (χ1) is 51.2. The fourth-order valence-electron chi connectivity index (χ4n) is 13.5. The number of phosphoric ester groups is 2. The number of hydrogen-bond acceptors (Lipinski definition) is 15. The number of aliphatic hydroxyl groups is 1. The van der Waals surface area contributed by atoms with Crippen molar-refractivity contribution in [1.29, 1.82) is 0 Å². The highest BCUT2D eigenvalue weighted by Crippen LogP contribution is 2.45. The van der Waals surface area contributed by atoms with Gasteiger partial charge in [0.25, 0.3) is 0 Å². The molecule has 0 bridgehead atoms. The van der Waals surface area contributed by atoms with Crippen LogP contribution in [0.3, 0.4) is 0 Å². The van der Waals surface area contributed by atoms with Gasteiger partial charge in [-0.05, 0) is 43.4 Å². The topological polar surface area (TPSA) is 237 Å².